The number of anilines is 1. The molecule has 2 heterocycles. The topological polar surface area (TPSA) is 42.2 Å². The molecule has 1 fully saturated rings. The molecular weight excluding hydrogens is 176 g/mol. The molecule has 14 heavy (non-hydrogen) atoms. The van der Waals surface area contributed by atoms with Crippen LogP contribution in [0.3, 0.4) is 0 Å². The maximum Gasteiger partial charge on any atom is 0.157 e. The first-order chi connectivity index (χ1) is 6.83. The van der Waals surface area contributed by atoms with E-state index < -0.39 is 0 Å². The number of rotatable bonds is 2. The van der Waals surface area contributed by atoms with Gasteiger partial charge in [0.2, 0.25) is 0 Å². The second-order valence-electron chi connectivity index (χ2n) is 3.80. The van der Waals surface area contributed by atoms with E-state index in [2.05, 4.69) is 15.4 Å². The van der Waals surface area contributed by atoms with E-state index in [1.165, 1.54) is 12.8 Å². The largest absolute Gasteiger partial charge is 0.367 e. The Balaban J connectivity index is 2.13. The van der Waals surface area contributed by atoms with Gasteiger partial charge in [0.15, 0.2) is 5.65 Å². The molecule has 0 saturated heterocycles. The van der Waals surface area contributed by atoms with Crippen molar-refractivity contribution in [2.24, 2.45) is 0 Å². The summed E-state index contributed by atoms with van der Waals surface area (Å²) in [5.74, 6) is 1.06. The van der Waals surface area contributed by atoms with Crippen LogP contribution in [0.15, 0.2) is 18.3 Å². The number of fused-ring (bicyclic) bond motifs is 1. The number of nitrogens with one attached hydrogen (secondary N) is 1. The van der Waals surface area contributed by atoms with E-state index in [-0.39, 0.29) is 0 Å². The summed E-state index contributed by atoms with van der Waals surface area (Å²) < 4.78 is 1.85. The van der Waals surface area contributed by atoms with Crippen molar-refractivity contribution in [1.82, 2.24) is 14.6 Å². The van der Waals surface area contributed by atoms with Crippen molar-refractivity contribution in [3.8, 4) is 0 Å². The zero-order valence-electron chi connectivity index (χ0n) is 8.07. The predicted molar refractivity (Wildman–Crippen MR) is 54.4 cm³/mol. The summed E-state index contributed by atoms with van der Waals surface area (Å²) >= 11 is 0. The highest BCUT2D eigenvalue weighted by Crippen LogP contribution is 2.24. The van der Waals surface area contributed by atoms with Gasteiger partial charge in [-0.3, -0.25) is 0 Å². The van der Waals surface area contributed by atoms with E-state index in [1.54, 1.807) is 6.20 Å². The summed E-state index contributed by atoms with van der Waals surface area (Å²) in [6, 6.07) is 4.60. The fourth-order valence-corrected chi connectivity index (χ4v) is 1.58. The third-order valence-electron chi connectivity index (χ3n) is 2.42. The molecule has 0 aromatic carbocycles. The maximum absolute atomic E-state index is 4.38. The Morgan fingerprint density at radius 1 is 1.50 bits per heavy atom. The number of aryl methyl sites for hydroxylation is 1. The minimum absolute atomic E-state index is 0.643. The van der Waals surface area contributed by atoms with Crippen molar-refractivity contribution in [2.45, 2.75) is 25.8 Å². The van der Waals surface area contributed by atoms with Crippen LogP contribution < -0.4 is 5.32 Å². The number of hydrogen-bond donors (Lipinski definition) is 1. The molecule has 3 rings (SSSR count). The van der Waals surface area contributed by atoms with Gasteiger partial charge in [-0.15, -0.1) is 0 Å². The summed E-state index contributed by atoms with van der Waals surface area (Å²) in [6.45, 7) is 2.01. The summed E-state index contributed by atoms with van der Waals surface area (Å²) in [7, 11) is 0. The summed E-state index contributed by atoms with van der Waals surface area (Å²) in [5, 5.41) is 7.68. The number of aromatic nitrogens is 3. The van der Waals surface area contributed by atoms with Crippen molar-refractivity contribution in [2.75, 3.05) is 5.32 Å². The first-order valence-electron chi connectivity index (χ1n) is 4.91. The van der Waals surface area contributed by atoms with Gasteiger partial charge in [0.1, 0.15) is 5.82 Å². The van der Waals surface area contributed by atoms with Crippen LogP contribution in [0.2, 0.25) is 0 Å². The molecular formula is C10H12N4. The molecule has 0 spiro atoms. The van der Waals surface area contributed by atoms with Gasteiger partial charge in [-0.2, -0.15) is 9.61 Å². The van der Waals surface area contributed by atoms with Gasteiger partial charge in [0.25, 0.3) is 0 Å². The smallest absolute Gasteiger partial charge is 0.157 e. The second kappa shape index (κ2) is 2.70. The predicted octanol–water partition coefficient (Wildman–Crippen LogP) is 1.61. The van der Waals surface area contributed by atoms with E-state index in [0.717, 1.165) is 17.2 Å². The number of nitrogens with zero attached hydrogens (tertiary/aromatic N) is 3. The van der Waals surface area contributed by atoms with Crippen LogP contribution in [0.4, 0.5) is 5.82 Å². The van der Waals surface area contributed by atoms with Gasteiger partial charge in [0.05, 0.1) is 6.20 Å². The normalized spacial score (nSPS) is 16.1. The summed E-state index contributed by atoms with van der Waals surface area (Å²) in [5.41, 5.74) is 1.94. The Morgan fingerprint density at radius 2 is 2.36 bits per heavy atom. The van der Waals surface area contributed by atoms with Crippen LogP contribution in [0.25, 0.3) is 5.65 Å². The summed E-state index contributed by atoms with van der Waals surface area (Å²) in [6.07, 6.45) is 4.31. The lowest BCUT2D eigenvalue weighted by Crippen LogP contribution is -2.08. The highest BCUT2D eigenvalue weighted by atomic mass is 15.3. The lowest BCUT2D eigenvalue weighted by Gasteiger charge is -2.07. The fraction of sp³-hybridized carbons (Fsp3) is 0.400. The Hall–Kier alpha value is -1.58. The van der Waals surface area contributed by atoms with Crippen molar-refractivity contribution in [3.63, 3.8) is 0 Å². The molecule has 4 heteroatoms. The van der Waals surface area contributed by atoms with E-state index in [0.29, 0.717) is 6.04 Å². The van der Waals surface area contributed by atoms with Crippen LogP contribution in [-0.2, 0) is 0 Å². The average Bonchev–Trinajstić information content (AvgIpc) is 2.81. The molecule has 4 nitrogen and oxygen atoms in total. The maximum atomic E-state index is 4.38. The molecule has 2 aromatic rings. The van der Waals surface area contributed by atoms with Crippen LogP contribution in [0, 0.1) is 6.92 Å². The summed E-state index contributed by atoms with van der Waals surface area (Å²) in [4.78, 5) is 4.38. The van der Waals surface area contributed by atoms with E-state index in [1.807, 2.05) is 23.6 Å². The lowest BCUT2D eigenvalue weighted by atomic mass is 10.4. The van der Waals surface area contributed by atoms with Crippen molar-refractivity contribution < 1.29 is 0 Å². The van der Waals surface area contributed by atoms with Crippen molar-refractivity contribution in [3.05, 3.63) is 24.0 Å². The zero-order valence-corrected chi connectivity index (χ0v) is 8.07. The first-order valence-corrected chi connectivity index (χ1v) is 4.91. The third-order valence-corrected chi connectivity index (χ3v) is 2.42. The molecule has 1 aliphatic carbocycles. The molecule has 1 N–H and O–H groups in total. The quantitative estimate of drug-likeness (QED) is 0.778. The molecule has 0 amide bonds. The molecule has 2 aromatic heterocycles. The molecule has 1 saturated carbocycles. The van der Waals surface area contributed by atoms with Crippen molar-refractivity contribution in [1.29, 1.82) is 0 Å². The highest BCUT2D eigenvalue weighted by molar-refractivity contribution is 5.49. The lowest BCUT2D eigenvalue weighted by molar-refractivity contribution is 0.916. The molecule has 0 radical (unpaired) electrons. The van der Waals surface area contributed by atoms with Gasteiger partial charge in [-0.05, 0) is 19.8 Å². The second-order valence-corrected chi connectivity index (χ2v) is 3.80. The first kappa shape index (κ1) is 7.79. The molecule has 0 bridgehead atoms. The molecule has 1 aliphatic rings. The molecule has 72 valence electrons. The van der Waals surface area contributed by atoms with E-state index in [9.17, 15) is 0 Å². The highest BCUT2D eigenvalue weighted by Gasteiger charge is 2.22. The standard InChI is InChI=1S/C10H12N4/c1-7-6-10(13-8-2-3-8)14-9(12-7)4-5-11-14/h4-6,8,13H,2-3H2,1H3. The molecule has 0 aliphatic heterocycles. The Kier molecular flexibility index (Phi) is 1.50. The van der Waals surface area contributed by atoms with Gasteiger partial charge >= 0.3 is 0 Å². The van der Waals surface area contributed by atoms with E-state index >= 15 is 0 Å². The third kappa shape index (κ3) is 1.23. The van der Waals surface area contributed by atoms with Crippen LogP contribution in [0.1, 0.15) is 18.5 Å². The number of hydrogen-bond acceptors (Lipinski definition) is 3. The van der Waals surface area contributed by atoms with Gasteiger partial charge in [-0.25, -0.2) is 4.98 Å². The fourth-order valence-electron chi connectivity index (χ4n) is 1.58. The minimum atomic E-state index is 0.643. The Morgan fingerprint density at radius 3 is 3.14 bits per heavy atom. The minimum Gasteiger partial charge on any atom is -0.367 e. The van der Waals surface area contributed by atoms with Gasteiger partial charge in [-0.1, -0.05) is 0 Å². The van der Waals surface area contributed by atoms with Crippen LogP contribution >= 0.6 is 0 Å². The Bertz CT molecular complexity index is 470. The monoisotopic (exact) mass is 188 g/mol. The van der Waals surface area contributed by atoms with Gasteiger partial charge in [0, 0.05) is 23.9 Å². The SMILES string of the molecule is Cc1cc(NC2CC2)n2nccc2n1. The Labute approximate surface area is 82.0 Å². The van der Waals surface area contributed by atoms with Crippen LogP contribution in [-0.4, -0.2) is 20.6 Å². The van der Waals surface area contributed by atoms with E-state index in [4.69, 9.17) is 0 Å². The van der Waals surface area contributed by atoms with Gasteiger partial charge < -0.3 is 5.32 Å². The van der Waals surface area contributed by atoms with Crippen LogP contribution in [0.5, 0.6) is 0 Å². The van der Waals surface area contributed by atoms with Crippen molar-refractivity contribution >= 4 is 11.5 Å². The average molecular weight is 188 g/mol. The molecule has 0 unspecified atom stereocenters. The zero-order chi connectivity index (χ0) is 9.54. The molecule has 0 atom stereocenters.